The van der Waals surface area contributed by atoms with Gasteiger partial charge in [0.2, 0.25) is 5.91 Å². The van der Waals surface area contributed by atoms with E-state index in [2.05, 4.69) is 17.3 Å². The van der Waals surface area contributed by atoms with Crippen LogP contribution >= 0.6 is 0 Å². The summed E-state index contributed by atoms with van der Waals surface area (Å²) in [5.74, 6) is -0.134. The minimum atomic E-state index is -0.134. The lowest BCUT2D eigenvalue weighted by atomic mass is 10.1. The third kappa shape index (κ3) is 4.00. The van der Waals surface area contributed by atoms with Crippen LogP contribution in [0.4, 0.5) is 5.69 Å². The SMILES string of the molecule is CCc1cccc(C)c1NC(=O)/C=C/c1c(C)nn(-c2ccccc2)c1C. The van der Waals surface area contributed by atoms with Gasteiger partial charge in [-0.15, -0.1) is 0 Å². The standard InChI is InChI=1S/C23H25N3O/c1-5-19-11-9-10-16(2)23(19)24-22(27)15-14-21-17(3)25-26(18(21)4)20-12-7-6-8-13-20/h6-15H,5H2,1-4H3,(H,24,27)/b15-14+. The summed E-state index contributed by atoms with van der Waals surface area (Å²) in [6.45, 7) is 8.07. The molecule has 0 saturated heterocycles. The van der Waals surface area contributed by atoms with Gasteiger partial charge in [0.25, 0.3) is 0 Å². The van der Waals surface area contributed by atoms with Crippen LogP contribution in [0.1, 0.15) is 35.0 Å². The minimum absolute atomic E-state index is 0.134. The van der Waals surface area contributed by atoms with Crippen molar-refractivity contribution in [2.24, 2.45) is 0 Å². The molecule has 0 bridgehead atoms. The molecule has 3 aromatic rings. The maximum absolute atomic E-state index is 12.5. The van der Waals surface area contributed by atoms with Crippen LogP contribution in [0.2, 0.25) is 0 Å². The second kappa shape index (κ2) is 8.04. The molecule has 0 aliphatic rings. The molecule has 2 aromatic carbocycles. The molecule has 0 radical (unpaired) electrons. The van der Waals surface area contributed by atoms with Gasteiger partial charge in [0.1, 0.15) is 0 Å². The molecule has 27 heavy (non-hydrogen) atoms. The van der Waals surface area contributed by atoms with Crippen LogP contribution in [-0.4, -0.2) is 15.7 Å². The second-order valence-electron chi connectivity index (χ2n) is 6.62. The van der Waals surface area contributed by atoms with Crippen LogP contribution in [-0.2, 0) is 11.2 Å². The molecule has 0 aliphatic carbocycles. The maximum Gasteiger partial charge on any atom is 0.248 e. The largest absolute Gasteiger partial charge is 0.322 e. The highest BCUT2D eigenvalue weighted by Crippen LogP contribution is 2.22. The van der Waals surface area contributed by atoms with Crippen LogP contribution in [0.5, 0.6) is 0 Å². The fraction of sp³-hybridized carbons (Fsp3) is 0.217. The molecule has 0 fully saturated rings. The number of hydrogen-bond donors (Lipinski definition) is 1. The van der Waals surface area contributed by atoms with Crippen LogP contribution in [0.25, 0.3) is 11.8 Å². The van der Waals surface area contributed by atoms with Crippen LogP contribution < -0.4 is 5.32 Å². The Morgan fingerprint density at radius 1 is 1.07 bits per heavy atom. The van der Waals surface area contributed by atoms with E-state index in [-0.39, 0.29) is 5.91 Å². The number of benzene rings is 2. The number of para-hydroxylation sites is 2. The highest BCUT2D eigenvalue weighted by molar-refractivity contribution is 6.03. The molecular formula is C23H25N3O. The number of carbonyl (C=O) groups is 1. The molecule has 138 valence electrons. The monoisotopic (exact) mass is 359 g/mol. The molecule has 0 spiro atoms. The van der Waals surface area contributed by atoms with Crippen molar-refractivity contribution in [3.05, 3.63) is 82.7 Å². The number of amides is 1. The fourth-order valence-corrected chi connectivity index (χ4v) is 3.24. The van der Waals surface area contributed by atoms with Gasteiger partial charge in [0.05, 0.1) is 11.4 Å². The van der Waals surface area contributed by atoms with Crippen molar-refractivity contribution >= 4 is 17.7 Å². The van der Waals surface area contributed by atoms with Crippen LogP contribution in [0, 0.1) is 20.8 Å². The molecule has 1 heterocycles. The number of hydrogen-bond acceptors (Lipinski definition) is 2. The predicted octanol–water partition coefficient (Wildman–Crippen LogP) is 5.01. The number of rotatable bonds is 5. The van der Waals surface area contributed by atoms with Gasteiger partial charge >= 0.3 is 0 Å². The lowest BCUT2D eigenvalue weighted by Crippen LogP contribution is -2.11. The van der Waals surface area contributed by atoms with Crippen molar-refractivity contribution in [1.29, 1.82) is 0 Å². The van der Waals surface area contributed by atoms with E-state index in [1.807, 2.05) is 80.1 Å². The Morgan fingerprint density at radius 2 is 1.81 bits per heavy atom. The first kappa shape index (κ1) is 18.6. The number of carbonyl (C=O) groups excluding carboxylic acids is 1. The topological polar surface area (TPSA) is 46.9 Å². The normalized spacial score (nSPS) is 11.1. The van der Waals surface area contributed by atoms with E-state index >= 15 is 0 Å². The van der Waals surface area contributed by atoms with Crippen molar-refractivity contribution in [3.8, 4) is 5.69 Å². The number of anilines is 1. The Morgan fingerprint density at radius 3 is 2.52 bits per heavy atom. The zero-order chi connectivity index (χ0) is 19.4. The highest BCUT2D eigenvalue weighted by Gasteiger charge is 2.11. The van der Waals surface area contributed by atoms with E-state index in [1.54, 1.807) is 6.08 Å². The summed E-state index contributed by atoms with van der Waals surface area (Å²) in [6.07, 6.45) is 4.30. The van der Waals surface area contributed by atoms with E-state index in [9.17, 15) is 4.79 Å². The minimum Gasteiger partial charge on any atom is -0.322 e. The Balaban J connectivity index is 1.83. The zero-order valence-electron chi connectivity index (χ0n) is 16.3. The summed E-state index contributed by atoms with van der Waals surface area (Å²) >= 11 is 0. The molecule has 0 atom stereocenters. The Kier molecular flexibility index (Phi) is 5.55. The Bertz CT molecular complexity index is 984. The summed E-state index contributed by atoms with van der Waals surface area (Å²) in [7, 11) is 0. The highest BCUT2D eigenvalue weighted by atomic mass is 16.1. The third-order valence-corrected chi connectivity index (χ3v) is 4.74. The molecule has 1 amide bonds. The van der Waals surface area contributed by atoms with E-state index in [0.29, 0.717) is 0 Å². The maximum atomic E-state index is 12.5. The number of aryl methyl sites for hydroxylation is 3. The molecule has 3 rings (SSSR count). The molecule has 0 saturated carbocycles. The summed E-state index contributed by atoms with van der Waals surface area (Å²) in [5.41, 5.74) is 6.99. The first-order chi connectivity index (χ1) is 13.0. The number of aromatic nitrogens is 2. The van der Waals surface area contributed by atoms with E-state index in [0.717, 1.165) is 45.9 Å². The first-order valence-corrected chi connectivity index (χ1v) is 9.20. The van der Waals surface area contributed by atoms with Gasteiger partial charge in [0, 0.05) is 23.0 Å². The van der Waals surface area contributed by atoms with E-state index in [4.69, 9.17) is 0 Å². The number of nitrogens with one attached hydrogen (secondary N) is 1. The zero-order valence-corrected chi connectivity index (χ0v) is 16.3. The van der Waals surface area contributed by atoms with Crippen molar-refractivity contribution in [2.45, 2.75) is 34.1 Å². The summed E-state index contributed by atoms with van der Waals surface area (Å²) in [6, 6.07) is 16.1. The third-order valence-electron chi connectivity index (χ3n) is 4.74. The molecule has 4 nitrogen and oxygen atoms in total. The van der Waals surface area contributed by atoms with Crippen molar-refractivity contribution < 1.29 is 4.79 Å². The van der Waals surface area contributed by atoms with Gasteiger partial charge in [-0.25, -0.2) is 4.68 Å². The summed E-state index contributed by atoms with van der Waals surface area (Å²) in [5, 5.41) is 7.64. The molecule has 1 N–H and O–H groups in total. The van der Waals surface area contributed by atoms with Gasteiger partial charge < -0.3 is 5.32 Å². The molecular weight excluding hydrogens is 334 g/mol. The predicted molar refractivity (Wildman–Crippen MR) is 111 cm³/mol. The van der Waals surface area contributed by atoms with Crippen LogP contribution in [0.15, 0.2) is 54.6 Å². The average Bonchev–Trinajstić information content (AvgIpc) is 2.96. The van der Waals surface area contributed by atoms with Gasteiger partial charge in [-0.2, -0.15) is 5.10 Å². The van der Waals surface area contributed by atoms with Gasteiger partial charge in [0.15, 0.2) is 0 Å². The summed E-state index contributed by atoms with van der Waals surface area (Å²) in [4.78, 5) is 12.5. The quantitative estimate of drug-likeness (QED) is 0.651. The van der Waals surface area contributed by atoms with E-state index in [1.165, 1.54) is 0 Å². The average molecular weight is 359 g/mol. The lowest BCUT2D eigenvalue weighted by molar-refractivity contribution is -0.111. The molecule has 1 aromatic heterocycles. The van der Waals surface area contributed by atoms with Crippen LogP contribution in [0.3, 0.4) is 0 Å². The summed E-state index contributed by atoms with van der Waals surface area (Å²) < 4.78 is 1.91. The van der Waals surface area contributed by atoms with Gasteiger partial charge in [-0.1, -0.05) is 43.3 Å². The molecule has 0 aliphatic heterocycles. The lowest BCUT2D eigenvalue weighted by Gasteiger charge is -2.11. The molecule has 4 heteroatoms. The van der Waals surface area contributed by atoms with Crippen molar-refractivity contribution in [2.75, 3.05) is 5.32 Å². The van der Waals surface area contributed by atoms with E-state index < -0.39 is 0 Å². The van der Waals surface area contributed by atoms with Gasteiger partial charge in [-0.3, -0.25) is 4.79 Å². The smallest absolute Gasteiger partial charge is 0.248 e. The molecule has 0 unspecified atom stereocenters. The first-order valence-electron chi connectivity index (χ1n) is 9.20. The van der Waals surface area contributed by atoms with Gasteiger partial charge in [-0.05, 0) is 56.5 Å². The number of nitrogens with zero attached hydrogens (tertiary/aromatic N) is 2. The second-order valence-corrected chi connectivity index (χ2v) is 6.62. The van der Waals surface area contributed by atoms with Crippen molar-refractivity contribution in [3.63, 3.8) is 0 Å². The Hall–Kier alpha value is -3.14. The van der Waals surface area contributed by atoms with Crippen molar-refractivity contribution in [1.82, 2.24) is 9.78 Å². The fourth-order valence-electron chi connectivity index (χ4n) is 3.24. The Labute approximate surface area is 160 Å².